The number of hydrogen-bond acceptors (Lipinski definition) is 2. The molecule has 2 heterocycles. The van der Waals surface area contributed by atoms with E-state index in [0.717, 1.165) is 5.52 Å². The van der Waals surface area contributed by atoms with Crippen molar-refractivity contribution in [2.75, 3.05) is 0 Å². The number of nitrogens with one attached hydrogen (secondary N) is 1. The van der Waals surface area contributed by atoms with Crippen molar-refractivity contribution in [3.05, 3.63) is 47.0 Å². The first-order chi connectivity index (χ1) is 6.86. The standard InChI is InChI=1S/C10H7N3O/c14-9-7-3-1-2-4-8(7)12-10-11-5-6-13(9)10/h1-6H,(H,11,12). The summed E-state index contributed by atoms with van der Waals surface area (Å²) in [6.07, 6.45) is 3.26. The second-order valence-electron chi connectivity index (χ2n) is 3.10. The SMILES string of the molecule is O=c1c2ccccc2[nH]c2nccn12. The Kier molecular flexibility index (Phi) is 1.28. The number of nitrogens with zero attached hydrogens (tertiary/aromatic N) is 2. The highest BCUT2D eigenvalue weighted by Gasteiger charge is 2.02. The van der Waals surface area contributed by atoms with Gasteiger partial charge in [-0.15, -0.1) is 0 Å². The largest absolute Gasteiger partial charge is 0.324 e. The summed E-state index contributed by atoms with van der Waals surface area (Å²) < 4.78 is 1.50. The molecule has 2 aromatic heterocycles. The van der Waals surface area contributed by atoms with Crippen LogP contribution in [-0.2, 0) is 0 Å². The van der Waals surface area contributed by atoms with Gasteiger partial charge in [-0.2, -0.15) is 0 Å². The van der Waals surface area contributed by atoms with Gasteiger partial charge in [0.1, 0.15) is 0 Å². The Labute approximate surface area is 78.8 Å². The van der Waals surface area contributed by atoms with Crippen molar-refractivity contribution < 1.29 is 0 Å². The third-order valence-electron chi connectivity index (χ3n) is 2.26. The maximum absolute atomic E-state index is 11.9. The number of aromatic amines is 1. The fourth-order valence-corrected chi connectivity index (χ4v) is 1.59. The summed E-state index contributed by atoms with van der Waals surface area (Å²) in [5.74, 6) is 0.578. The van der Waals surface area contributed by atoms with Crippen LogP contribution < -0.4 is 5.56 Å². The van der Waals surface area contributed by atoms with Crippen LogP contribution in [0.25, 0.3) is 16.7 Å². The van der Waals surface area contributed by atoms with Gasteiger partial charge in [-0.05, 0) is 12.1 Å². The monoisotopic (exact) mass is 185 g/mol. The molecule has 0 atom stereocenters. The summed E-state index contributed by atoms with van der Waals surface area (Å²) in [6, 6.07) is 7.40. The van der Waals surface area contributed by atoms with Gasteiger partial charge >= 0.3 is 0 Å². The highest BCUT2D eigenvalue weighted by molar-refractivity contribution is 5.78. The maximum Gasteiger partial charge on any atom is 0.266 e. The van der Waals surface area contributed by atoms with Crippen molar-refractivity contribution in [2.24, 2.45) is 0 Å². The van der Waals surface area contributed by atoms with Crippen LogP contribution in [0.3, 0.4) is 0 Å². The molecule has 1 N–H and O–H groups in total. The van der Waals surface area contributed by atoms with Crippen molar-refractivity contribution in [3.63, 3.8) is 0 Å². The molecule has 0 saturated heterocycles. The maximum atomic E-state index is 11.9. The molecule has 0 radical (unpaired) electrons. The van der Waals surface area contributed by atoms with Gasteiger partial charge in [0.05, 0.1) is 10.9 Å². The number of imidazole rings is 1. The molecule has 4 nitrogen and oxygen atoms in total. The van der Waals surface area contributed by atoms with E-state index in [1.165, 1.54) is 4.40 Å². The van der Waals surface area contributed by atoms with Crippen LogP contribution in [0.1, 0.15) is 0 Å². The minimum Gasteiger partial charge on any atom is -0.324 e. The van der Waals surface area contributed by atoms with Gasteiger partial charge in [-0.3, -0.25) is 9.20 Å². The zero-order valence-corrected chi connectivity index (χ0v) is 7.27. The van der Waals surface area contributed by atoms with Crippen molar-refractivity contribution >= 4 is 16.7 Å². The lowest BCUT2D eigenvalue weighted by Crippen LogP contribution is -2.12. The van der Waals surface area contributed by atoms with Gasteiger partial charge in [-0.1, -0.05) is 12.1 Å². The van der Waals surface area contributed by atoms with E-state index in [4.69, 9.17) is 0 Å². The van der Waals surface area contributed by atoms with Gasteiger partial charge in [0.25, 0.3) is 5.56 Å². The summed E-state index contributed by atoms with van der Waals surface area (Å²) in [4.78, 5) is 19.0. The number of hydrogen-bond donors (Lipinski definition) is 1. The highest BCUT2D eigenvalue weighted by atomic mass is 16.1. The lowest BCUT2D eigenvalue weighted by molar-refractivity contribution is 1.09. The van der Waals surface area contributed by atoms with Crippen LogP contribution in [0.2, 0.25) is 0 Å². The average Bonchev–Trinajstić information content (AvgIpc) is 2.66. The smallest absolute Gasteiger partial charge is 0.266 e. The van der Waals surface area contributed by atoms with E-state index in [-0.39, 0.29) is 5.56 Å². The third-order valence-corrected chi connectivity index (χ3v) is 2.26. The quantitative estimate of drug-likeness (QED) is 0.571. The normalized spacial score (nSPS) is 11.1. The minimum absolute atomic E-state index is 0.0353. The number of para-hydroxylation sites is 1. The topological polar surface area (TPSA) is 50.2 Å². The van der Waals surface area contributed by atoms with Crippen LogP contribution in [0.15, 0.2) is 41.5 Å². The molecule has 0 bridgehead atoms. The van der Waals surface area contributed by atoms with E-state index in [9.17, 15) is 4.79 Å². The lowest BCUT2D eigenvalue weighted by atomic mass is 10.2. The molecule has 0 aliphatic heterocycles. The van der Waals surface area contributed by atoms with E-state index >= 15 is 0 Å². The van der Waals surface area contributed by atoms with E-state index in [1.807, 2.05) is 18.2 Å². The van der Waals surface area contributed by atoms with E-state index < -0.39 is 0 Å². The van der Waals surface area contributed by atoms with Crippen LogP contribution >= 0.6 is 0 Å². The molecular formula is C10H7N3O. The predicted molar refractivity (Wildman–Crippen MR) is 53.3 cm³/mol. The van der Waals surface area contributed by atoms with Gasteiger partial charge in [0, 0.05) is 12.4 Å². The summed E-state index contributed by atoms with van der Waals surface area (Å²) in [5.41, 5.74) is 0.781. The Bertz CT molecular complexity index is 665. The van der Waals surface area contributed by atoms with Crippen LogP contribution in [-0.4, -0.2) is 14.4 Å². The minimum atomic E-state index is -0.0353. The van der Waals surface area contributed by atoms with E-state index in [0.29, 0.717) is 11.2 Å². The molecule has 3 aromatic rings. The zero-order chi connectivity index (χ0) is 9.54. The summed E-state index contributed by atoms with van der Waals surface area (Å²) in [6.45, 7) is 0. The van der Waals surface area contributed by atoms with E-state index in [2.05, 4.69) is 9.97 Å². The number of H-pyrrole nitrogens is 1. The Morgan fingerprint density at radius 1 is 1.29 bits per heavy atom. The van der Waals surface area contributed by atoms with Crippen LogP contribution in [0, 0.1) is 0 Å². The molecule has 1 aromatic carbocycles. The average molecular weight is 185 g/mol. The molecule has 0 amide bonds. The third kappa shape index (κ3) is 0.821. The molecule has 4 heteroatoms. The molecule has 0 aliphatic rings. The van der Waals surface area contributed by atoms with Crippen molar-refractivity contribution in [1.29, 1.82) is 0 Å². The molecule has 0 aliphatic carbocycles. The summed E-state index contributed by atoms with van der Waals surface area (Å²) in [5, 5.41) is 0.679. The lowest BCUT2D eigenvalue weighted by Gasteiger charge is -1.98. The van der Waals surface area contributed by atoms with Crippen molar-refractivity contribution in [1.82, 2.24) is 14.4 Å². The van der Waals surface area contributed by atoms with Gasteiger partial charge in [-0.25, -0.2) is 4.98 Å². The fraction of sp³-hybridized carbons (Fsp3) is 0. The fourth-order valence-electron chi connectivity index (χ4n) is 1.59. The van der Waals surface area contributed by atoms with Gasteiger partial charge < -0.3 is 4.98 Å². The molecule has 0 saturated carbocycles. The molecule has 68 valence electrons. The Balaban J connectivity index is 2.70. The van der Waals surface area contributed by atoms with Gasteiger partial charge in [0.15, 0.2) is 0 Å². The zero-order valence-electron chi connectivity index (χ0n) is 7.27. The molecule has 0 fully saturated rings. The summed E-state index contributed by atoms with van der Waals surface area (Å²) in [7, 11) is 0. The second kappa shape index (κ2) is 2.45. The molecule has 14 heavy (non-hydrogen) atoms. The first-order valence-electron chi connectivity index (χ1n) is 4.30. The highest BCUT2D eigenvalue weighted by Crippen LogP contribution is 2.06. The molecule has 0 spiro atoms. The Morgan fingerprint density at radius 3 is 3.07 bits per heavy atom. The number of benzene rings is 1. The van der Waals surface area contributed by atoms with Gasteiger partial charge in [0.2, 0.25) is 5.78 Å². The van der Waals surface area contributed by atoms with Crippen molar-refractivity contribution in [2.45, 2.75) is 0 Å². The Hall–Kier alpha value is -2.10. The van der Waals surface area contributed by atoms with Crippen LogP contribution in [0.5, 0.6) is 0 Å². The molecule has 3 rings (SSSR count). The Morgan fingerprint density at radius 2 is 2.14 bits per heavy atom. The molecular weight excluding hydrogens is 178 g/mol. The number of aromatic nitrogens is 3. The molecule has 0 unspecified atom stereocenters. The first kappa shape index (κ1) is 7.32. The summed E-state index contributed by atoms with van der Waals surface area (Å²) >= 11 is 0. The first-order valence-corrected chi connectivity index (χ1v) is 4.30. The van der Waals surface area contributed by atoms with E-state index in [1.54, 1.807) is 18.5 Å². The predicted octanol–water partition coefficient (Wildman–Crippen LogP) is 1.18. The van der Waals surface area contributed by atoms with Crippen molar-refractivity contribution in [3.8, 4) is 0 Å². The van der Waals surface area contributed by atoms with Crippen LogP contribution in [0.4, 0.5) is 0 Å². The second-order valence-corrected chi connectivity index (χ2v) is 3.10. The number of fused-ring (bicyclic) bond motifs is 2. The number of rotatable bonds is 0.